The van der Waals surface area contributed by atoms with Gasteiger partial charge in [-0.3, -0.25) is 4.79 Å². The molecule has 1 fully saturated rings. The van der Waals surface area contributed by atoms with Gasteiger partial charge < -0.3 is 4.74 Å². The van der Waals surface area contributed by atoms with Crippen LogP contribution in [-0.2, 0) is 0 Å². The Morgan fingerprint density at radius 3 is 2.60 bits per heavy atom. The van der Waals surface area contributed by atoms with Gasteiger partial charge in [-0.15, -0.1) is 0 Å². The Morgan fingerprint density at radius 1 is 1.33 bits per heavy atom. The Labute approximate surface area is 90.3 Å². The molecular formula is C13H16O2. The maximum absolute atomic E-state index is 10.8. The smallest absolute Gasteiger partial charge is 0.150 e. The quantitative estimate of drug-likeness (QED) is 0.704. The van der Waals surface area contributed by atoms with E-state index < -0.39 is 0 Å². The van der Waals surface area contributed by atoms with Crippen molar-refractivity contribution in [3.8, 4) is 5.75 Å². The Balaban J connectivity index is 2.28. The van der Waals surface area contributed by atoms with E-state index >= 15 is 0 Å². The first-order valence-corrected chi connectivity index (χ1v) is 5.46. The van der Waals surface area contributed by atoms with Crippen LogP contribution in [0.3, 0.4) is 0 Å². The summed E-state index contributed by atoms with van der Waals surface area (Å²) in [6, 6.07) is 5.83. The third kappa shape index (κ3) is 2.58. The van der Waals surface area contributed by atoms with Gasteiger partial charge in [-0.1, -0.05) is 0 Å². The normalized spacial score (nSPS) is 15.4. The Kier molecular flexibility index (Phi) is 2.76. The van der Waals surface area contributed by atoms with Crippen LogP contribution in [0, 0.1) is 0 Å². The van der Waals surface area contributed by atoms with Crippen molar-refractivity contribution in [3.63, 3.8) is 0 Å². The Hall–Kier alpha value is -1.31. The highest BCUT2D eigenvalue weighted by Crippen LogP contribution is 2.41. The molecule has 0 aliphatic heterocycles. The van der Waals surface area contributed by atoms with Gasteiger partial charge >= 0.3 is 0 Å². The van der Waals surface area contributed by atoms with Crippen molar-refractivity contribution < 1.29 is 9.53 Å². The maximum Gasteiger partial charge on any atom is 0.150 e. The van der Waals surface area contributed by atoms with E-state index in [0.29, 0.717) is 5.92 Å². The van der Waals surface area contributed by atoms with E-state index in [-0.39, 0.29) is 6.10 Å². The molecule has 0 spiro atoms. The van der Waals surface area contributed by atoms with Gasteiger partial charge in [0.2, 0.25) is 0 Å². The molecule has 1 aliphatic carbocycles. The Bertz CT molecular complexity index is 365. The van der Waals surface area contributed by atoms with Crippen molar-refractivity contribution in [1.29, 1.82) is 0 Å². The van der Waals surface area contributed by atoms with Gasteiger partial charge in [-0.25, -0.2) is 0 Å². The lowest BCUT2D eigenvalue weighted by Crippen LogP contribution is -2.06. The number of aldehydes is 1. The third-order valence-corrected chi connectivity index (χ3v) is 2.51. The summed E-state index contributed by atoms with van der Waals surface area (Å²) in [4.78, 5) is 10.8. The van der Waals surface area contributed by atoms with E-state index in [9.17, 15) is 4.79 Å². The minimum atomic E-state index is 0.152. The number of ether oxygens (including phenoxy) is 1. The van der Waals surface area contributed by atoms with E-state index in [1.165, 1.54) is 18.4 Å². The second-order valence-electron chi connectivity index (χ2n) is 4.39. The molecule has 0 bridgehead atoms. The number of rotatable bonds is 4. The van der Waals surface area contributed by atoms with Crippen LogP contribution in [0.2, 0.25) is 0 Å². The van der Waals surface area contributed by atoms with Gasteiger partial charge in [0.05, 0.1) is 6.10 Å². The van der Waals surface area contributed by atoms with Crippen LogP contribution in [0.15, 0.2) is 18.2 Å². The van der Waals surface area contributed by atoms with Crippen molar-refractivity contribution in [2.24, 2.45) is 0 Å². The summed E-state index contributed by atoms with van der Waals surface area (Å²) in [5, 5.41) is 0. The van der Waals surface area contributed by atoms with Crippen LogP contribution in [0.25, 0.3) is 0 Å². The number of hydrogen-bond acceptors (Lipinski definition) is 2. The van der Waals surface area contributed by atoms with E-state index in [2.05, 4.69) is 6.07 Å². The van der Waals surface area contributed by atoms with Crippen LogP contribution in [0.1, 0.15) is 48.5 Å². The zero-order chi connectivity index (χ0) is 10.8. The number of hydrogen-bond donors (Lipinski definition) is 0. The van der Waals surface area contributed by atoms with Gasteiger partial charge in [0.25, 0.3) is 0 Å². The zero-order valence-corrected chi connectivity index (χ0v) is 9.19. The summed E-state index contributed by atoms with van der Waals surface area (Å²) >= 11 is 0. The second kappa shape index (κ2) is 4.05. The van der Waals surface area contributed by atoms with E-state index in [4.69, 9.17) is 4.74 Å². The first-order valence-electron chi connectivity index (χ1n) is 5.46. The largest absolute Gasteiger partial charge is 0.491 e. The molecule has 0 radical (unpaired) electrons. The monoisotopic (exact) mass is 204 g/mol. The van der Waals surface area contributed by atoms with Gasteiger partial charge in [0.15, 0.2) is 0 Å². The Morgan fingerprint density at radius 2 is 2.07 bits per heavy atom. The van der Waals surface area contributed by atoms with Crippen molar-refractivity contribution in [2.45, 2.75) is 38.7 Å². The molecule has 1 aliphatic rings. The third-order valence-electron chi connectivity index (χ3n) is 2.51. The molecule has 0 saturated heterocycles. The van der Waals surface area contributed by atoms with Crippen LogP contribution in [0.5, 0.6) is 5.75 Å². The average Bonchev–Trinajstić information content (AvgIpc) is 2.99. The van der Waals surface area contributed by atoms with Crippen LogP contribution < -0.4 is 4.74 Å². The van der Waals surface area contributed by atoms with Crippen molar-refractivity contribution in [2.75, 3.05) is 0 Å². The van der Waals surface area contributed by atoms with Crippen LogP contribution in [0.4, 0.5) is 0 Å². The predicted molar refractivity (Wildman–Crippen MR) is 59.6 cm³/mol. The van der Waals surface area contributed by atoms with Gasteiger partial charge in [0.1, 0.15) is 12.0 Å². The molecule has 15 heavy (non-hydrogen) atoms. The molecule has 0 aromatic heterocycles. The molecule has 1 aromatic carbocycles. The fourth-order valence-electron chi connectivity index (χ4n) is 1.71. The minimum Gasteiger partial charge on any atom is -0.491 e. The molecule has 2 nitrogen and oxygen atoms in total. The number of carbonyl (C=O) groups excluding carboxylic acids is 1. The molecule has 0 N–H and O–H groups in total. The summed E-state index contributed by atoms with van der Waals surface area (Å²) in [6.45, 7) is 3.98. The molecule has 0 atom stereocenters. The summed E-state index contributed by atoms with van der Waals surface area (Å²) in [5.74, 6) is 1.47. The molecule has 2 heteroatoms. The number of benzene rings is 1. The van der Waals surface area contributed by atoms with Gasteiger partial charge in [-0.2, -0.15) is 0 Å². The van der Waals surface area contributed by atoms with Crippen LogP contribution >= 0.6 is 0 Å². The second-order valence-corrected chi connectivity index (χ2v) is 4.39. The van der Waals surface area contributed by atoms with Gasteiger partial charge in [-0.05, 0) is 56.4 Å². The van der Waals surface area contributed by atoms with Crippen LogP contribution in [-0.4, -0.2) is 12.4 Å². The summed E-state index contributed by atoms with van der Waals surface area (Å²) in [6.07, 6.45) is 3.52. The fraction of sp³-hybridized carbons (Fsp3) is 0.462. The lowest BCUT2D eigenvalue weighted by Gasteiger charge is -2.11. The standard InChI is InChI=1S/C13H16O2/c1-9(2)15-13-6-10(8-14)5-12(7-13)11-3-4-11/h5-9,11H,3-4H2,1-2H3. The lowest BCUT2D eigenvalue weighted by atomic mass is 10.1. The summed E-state index contributed by atoms with van der Waals surface area (Å²) < 4.78 is 5.62. The first-order chi connectivity index (χ1) is 7.19. The molecule has 1 saturated carbocycles. The predicted octanol–water partition coefficient (Wildman–Crippen LogP) is 3.16. The highest BCUT2D eigenvalue weighted by atomic mass is 16.5. The fourth-order valence-corrected chi connectivity index (χ4v) is 1.71. The SMILES string of the molecule is CC(C)Oc1cc(C=O)cc(C2CC2)c1. The first kappa shape index (κ1) is 10.2. The van der Waals surface area contributed by atoms with E-state index in [1.807, 2.05) is 19.9 Å². The molecule has 0 heterocycles. The molecule has 0 unspecified atom stereocenters. The lowest BCUT2D eigenvalue weighted by molar-refractivity contribution is 0.112. The minimum absolute atomic E-state index is 0.152. The molecule has 0 amide bonds. The number of carbonyl (C=O) groups is 1. The maximum atomic E-state index is 10.8. The average molecular weight is 204 g/mol. The highest BCUT2D eigenvalue weighted by Gasteiger charge is 2.24. The topological polar surface area (TPSA) is 26.3 Å². The summed E-state index contributed by atoms with van der Waals surface area (Å²) in [7, 11) is 0. The van der Waals surface area contributed by atoms with E-state index in [0.717, 1.165) is 17.6 Å². The van der Waals surface area contributed by atoms with E-state index in [1.54, 1.807) is 6.07 Å². The molecule has 1 aromatic rings. The molecule has 2 rings (SSSR count). The van der Waals surface area contributed by atoms with Crippen molar-refractivity contribution in [1.82, 2.24) is 0 Å². The summed E-state index contributed by atoms with van der Waals surface area (Å²) in [5.41, 5.74) is 1.96. The molecular weight excluding hydrogens is 188 g/mol. The zero-order valence-electron chi connectivity index (χ0n) is 9.19. The highest BCUT2D eigenvalue weighted by molar-refractivity contribution is 5.76. The molecule has 80 valence electrons. The van der Waals surface area contributed by atoms with Crippen molar-refractivity contribution in [3.05, 3.63) is 29.3 Å². The van der Waals surface area contributed by atoms with Crippen molar-refractivity contribution >= 4 is 6.29 Å². The van der Waals surface area contributed by atoms with Gasteiger partial charge in [0, 0.05) is 5.56 Å².